The van der Waals surface area contributed by atoms with Gasteiger partial charge in [0.15, 0.2) is 0 Å². The van der Waals surface area contributed by atoms with Gasteiger partial charge in [-0.1, -0.05) is 11.8 Å². The third kappa shape index (κ3) is 2.51. The Labute approximate surface area is 128 Å². The van der Waals surface area contributed by atoms with Crippen molar-refractivity contribution in [1.29, 1.82) is 0 Å². The summed E-state index contributed by atoms with van der Waals surface area (Å²) in [6.45, 7) is 0. The molecule has 3 heterocycles. The molecule has 0 aromatic carbocycles. The molecule has 1 fully saturated rings. The first kappa shape index (κ1) is 14.0. The lowest BCUT2D eigenvalue weighted by atomic mass is 10.1. The standard InChI is InChI=1S/C11H11N5O3S2/c12-5-1-6(15-11(13)14-5)21-4-3-20-8-2-7(17)16(8)9(4)10(18)19/h1,8H,2-3H2,(H,18,19)(H4,12,13,14,15). The van der Waals surface area contributed by atoms with Crippen molar-refractivity contribution in [2.45, 2.75) is 16.8 Å². The molecular weight excluding hydrogens is 314 g/mol. The van der Waals surface area contributed by atoms with E-state index in [1.165, 1.54) is 22.7 Å². The fourth-order valence-corrected chi connectivity index (χ4v) is 4.51. The monoisotopic (exact) mass is 325 g/mol. The van der Waals surface area contributed by atoms with Crippen molar-refractivity contribution in [3.05, 3.63) is 16.7 Å². The van der Waals surface area contributed by atoms with E-state index in [1.54, 1.807) is 0 Å². The third-order valence-corrected chi connectivity index (χ3v) is 5.39. The number of anilines is 2. The number of carbonyl (C=O) groups excluding carboxylic acids is 1. The molecule has 5 N–H and O–H groups in total. The summed E-state index contributed by atoms with van der Waals surface area (Å²) in [5.41, 5.74) is 11.1. The quantitative estimate of drug-likeness (QED) is 0.530. The first-order valence-corrected chi connectivity index (χ1v) is 7.80. The normalized spacial score (nSPS) is 21.0. The summed E-state index contributed by atoms with van der Waals surface area (Å²) in [5, 5.41) is 9.76. The van der Waals surface area contributed by atoms with Gasteiger partial charge in [-0.3, -0.25) is 9.69 Å². The number of carboxylic acid groups (broad SMARTS) is 1. The van der Waals surface area contributed by atoms with Crippen LogP contribution in [0.2, 0.25) is 0 Å². The molecule has 1 aromatic rings. The van der Waals surface area contributed by atoms with E-state index in [1.807, 2.05) is 0 Å². The van der Waals surface area contributed by atoms with Gasteiger partial charge in [-0.05, 0) is 0 Å². The molecule has 0 bridgehead atoms. The molecule has 2 aliphatic rings. The first-order chi connectivity index (χ1) is 9.95. The fourth-order valence-electron chi connectivity index (χ4n) is 2.10. The van der Waals surface area contributed by atoms with Gasteiger partial charge in [0.2, 0.25) is 11.9 Å². The number of nitrogen functional groups attached to an aromatic ring is 2. The molecule has 1 aromatic heterocycles. The average Bonchev–Trinajstić information content (AvgIpc) is 2.37. The van der Waals surface area contributed by atoms with Crippen LogP contribution in [-0.4, -0.2) is 43.0 Å². The van der Waals surface area contributed by atoms with Crippen LogP contribution < -0.4 is 11.5 Å². The van der Waals surface area contributed by atoms with Crippen molar-refractivity contribution < 1.29 is 14.7 Å². The van der Waals surface area contributed by atoms with E-state index in [9.17, 15) is 14.7 Å². The van der Waals surface area contributed by atoms with Gasteiger partial charge in [0.05, 0.1) is 11.8 Å². The molecule has 110 valence electrons. The van der Waals surface area contributed by atoms with Gasteiger partial charge < -0.3 is 16.6 Å². The average molecular weight is 325 g/mol. The van der Waals surface area contributed by atoms with Crippen LogP contribution >= 0.6 is 23.5 Å². The van der Waals surface area contributed by atoms with Gasteiger partial charge in [0.25, 0.3) is 0 Å². The van der Waals surface area contributed by atoms with Crippen LogP contribution in [0.4, 0.5) is 11.8 Å². The Bertz CT molecular complexity index is 658. The Morgan fingerprint density at radius 3 is 2.86 bits per heavy atom. The van der Waals surface area contributed by atoms with Crippen LogP contribution in [0.25, 0.3) is 0 Å². The number of amides is 1. The number of aliphatic carboxylic acids is 1. The summed E-state index contributed by atoms with van der Waals surface area (Å²) in [5.74, 6) is -0.555. The van der Waals surface area contributed by atoms with E-state index < -0.39 is 5.97 Å². The van der Waals surface area contributed by atoms with E-state index >= 15 is 0 Å². The molecule has 21 heavy (non-hydrogen) atoms. The number of hydrogen-bond acceptors (Lipinski definition) is 8. The number of carbonyl (C=O) groups is 2. The summed E-state index contributed by atoms with van der Waals surface area (Å²) >= 11 is 2.67. The van der Waals surface area contributed by atoms with Crippen molar-refractivity contribution in [3.63, 3.8) is 0 Å². The van der Waals surface area contributed by atoms with Gasteiger partial charge >= 0.3 is 5.97 Å². The summed E-state index contributed by atoms with van der Waals surface area (Å²) in [4.78, 5) is 32.7. The minimum atomic E-state index is -1.12. The van der Waals surface area contributed by atoms with Crippen LogP contribution in [0.5, 0.6) is 0 Å². The van der Waals surface area contributed by atoms with E-state index in [0.717, 1.165) is 11.8 Å². The van der Waals surface area contributed by atoms with Crippen LogP contribution in [0.1, 0.15) is 6.42 Å². The SMILES string of the molecule is Nc1cc(SC2=C(C(=O)O)N3C(=O)CC3SC2)nc(N)n1. The van der Waals surface area contributed by atoms with Gasteiger partial charge in [0.1, 0.15) is 16.5 Å². The molecule has 1 unspecified atom stereocenters. The summed E-state index contributed by atoms with van der Waals surface area (Å²) in [6, 6.07) is 1.52. The van der Waals surface area contributed by atoms with Gasteiger partial charge in [-0.2, -0.15) is 4.98 Å². The molecule has 10 heteroatoms. The van der Waals surface area contributed by atoms with Crippen LogP contribution in [0.3, 0.4) is 0 Å². The largest absolute Gasteiger partial charge is 0.477 e. The van der Waals surface area contributed by atoms with E-state index in [4.69, 9.17) is 11.5 Å². The Morgan fingerprint density at radius 2 is 2.24 bits per heavy atom. The van der Waals surface area contributed by atoms with Crippen LogP contribution in [0.15, 0.2) is 21.7 Å². The lowest BCUT2D eigenvalue weighted by Crippen LogP contribution is -2.53. The number of carboxylic acids is 1. The first-order valence-electron chi connectivity index (χ1n) is 5.93. The zero-order chi connectivity index (χ0) is 15.1. The van der Waals surface area contributed by atoms with Crippen molar-refractivity contribution >= 4 is 47.2 Å². The van der Waals surface area contributed by atoms with E-state index in [-0.39, 0.29) is 28.7 Å². The smallest absolute Gasteiger partial charge is 0.353 e. The molecule has 1 amide bonds. The number of hydrogen-bond donors (Lipinski definition) is 3. The van der Waals surface area contributed by atoms with Crippen molar-refractivity contribution in [2.75, 3.05) is 17.2 Å². The molecule has 1 saturated heterocycles. The van der Waals surface area contributed by atoms with Crippen molar-refractivity contribution in [3.8, 4) is 0 Å². The highest BCUT2D eigenvalue weighted by molar-refractivity contribution is 8.06. The zero-order valence-corrected chi connectivity index (χ0v) is 12.3. The minimum absolute atomic E-state index is 0.0238. The number of nitrogens with zero attached hydrogens (tertiary/aromatic N) is 3. The second-order valence-corrected chi connectivity index (χ2v) is 6.68. The van der Waals surface area contributed by atoms with Crippen LogP contribution in [-0.2, 0) is 9.59 Å². The Morgan fingerprint density at radius 1 is 1.48 bits per heavy atom. The molecule has 3 rings (SSSR count). The molecule has 2 aliphatic heterocycles. The Kier molecular flexibility index (Phi) is 3.41. The van der Waals surface area contributed by atoms with Crippen molar-refractivity contribution in [1.82, 2.24) is 14.9 Å². The highest BCUT2D eigenvalue weighted by Crippen LogP contribution is 2.44. The minimum Gasteiger partial charge on any atom is -0.477 e. The molecule has 0 spiro atoms. The number of thioether (sulfide) groups is 2. The maximum Gasteiger partial charge on any atom is 0.353 e. The topological polar surface area (TPSA) is 135 Å². The lowest BCUT2D eigenvalue weighted by Gasteiger charge is -2.43. The number of aromatic nitrogens is 2. The van der Waals surface area contributed by atoms with E-state index in [0.29, 0.717) is 22.1 Å². The van der Waals surface area contributed by atoms with Gasteiger partial charge in [-0.15, -0.1) is 11.8 Å². The summed E-state index contributed by atoms with van der Waals surface area (Å²) < 4.78 is 0. The Hall–Kier alpha value is -1.94. The molecule has 0 aliphatic carbocycles. The van der Waals surface area contributed by atoms with Crippen LogP contribution in [0, 0.1) is 0 Å². The van der Waals surface area contributed by atoms with Gasteiger partial charge in [-0.25, -0.2) is 9.78 Å². The Balaban J connectivity index is 1.96. The number of rotatable bonds is 3. The maximum absolute atomic E-state index is 11.6. The number of nitrogens with two attached hydrogens (primary N) is 2. The highest BCUT2D eigenvalue weighted by Gasteiger charge is 2.45. The molecule has 8 nitrogen and oxygen atoms in total. The predicted octanol–water partition coefficient (Wildman–Crippen LogP) is 0.335. The molecule has 0 radical (unpaired) electrons. The zero-order valence-electron chi connectivity index (χ0n) is 10.6. The van der Waals surface area contributed by atoms with E-state index in [2.05, 4.69) is 9.97 Å². The number of fused-ring (bicyclic) bond motifs is 1. The van der Waals surface area contributed by atoms with Crippen molar-refractivity contribution in [2.24, 2.45) is 0 Å². The summed E-state index contributed by atoms with van der Waals surface area (Å²) in [7, 11) is 0. The molecule has 1 atom stereocenters. The molecule has 0 saturated carbocycles. The third-order valence-electron chi connectivity index (χ3n) is 2.99. The second-order valence-electron chi connectivity index (χ2n) is 4.40. The van der Waals surface area contributed by atoms with Gasteiger partial charge in [0, 0.05) is 16.7 Å². The molecular formula is C11H11N5O3S2. The lowest BCUT2D eigenvalue weighted by molar-refractivity contribution is -0.146. The number of β-lactam (4-membered cyclic amide) rings is 1. The maximum atomic E-state index is 11.6. The summed E-state index contributed by atoms with van der Waals surface area (Å²) in [6.07, 6.45) is 0.382. The highest BCUT2D eigenvalue weighted by atomic mass is 32.2. The predicted molar refractivity (Wildman–Crippen MR) is 79.1 cm³/mol. The fraction of sp³-hybridized carbons (Fsp3) is 0.273. The second kappa shape index (κ2) is 5.11.